The molecule has 0 saturated heterocycles. The SMILES string of the molecule is CNC(=O)c1ccc(CN(C(=O)CNC(=O)OC)C2CC2)cc1. The highest BCUT2D eigenvalue weighted by Crippen LogP contribution is 2.28. The minimum atomic E-state index is -0.621. The third-order valence-corrected chi connectivity index (χ3v) is 3.67. The summed E-state index contributed by atoms with van der Waals surface area (Å²) in [6, 6.07) is 7.36. The van der Waals surface area contributed by atoms with Crippen molar-refractivity contribution < 1.29 is 19.1 Å². The predicted molar refractivity (Wildman–Crippen MR) is 83.8 cm³/mol. The Bertz CT molecular complexity index is 581. The van der Waals surface area contributed by atoms with Crippen LogP contribution in [0.4, 0.5) is 4.79 Å². The van der Waals surface area contributed by atoms with Crippen LogP contribution in [-0.4, -0.2) is 49.6 Å². The lowest BCUT2D eigenvalue weighted by Crippen LogP contribution is -2.41. The van der Waals surface area contributed by atoms with Crippen molar-refractivity contribution in [3.63, 3.8) is 0 Å². The summed E-state index contributed by atoms with van der Waals surface area (Å²) in [5.74, 6) is -0.290. The number of nitrogens with zero attached hydrogens (tertiary/aromatic N) is 1. The summed E-state index contributed by atoms with van der Waals surface area (Å²) in [4.78, 5) is 36.6. The summed E-state index contributed by atoms with van der Waals surface area (Å²) in [6.45, 7) is 0.375. The Morgan fingerprint density at radius 1 is 1.22 bits per heavy atom. The van der Waals surface area contributed by atoms with Crippen LogP contribution in [0.1, 0.15) is 28.8 Å². The van der Waals surface area contributed by atoms with E-state index in [9.17, 15) is 14.4 Å². The fourth-order valence-electron chi connectivity index (χ4n) is 2.23. The molecule has 2 rings (SSSR count). The Morgan fingerprint density at radius 2 is 1.87 bits per heavy atom. The van der Waals surface area contributed by atoms with Crippen molar-refractivity contribution in [2.24, 2.45) is 0 Å². The van der Waals surface area contributed by atoms with Gasteiger partial charge < -0.3 is 20.3 Å². The number of nitrogens with one attached hydrogen (secondary N) is 2. The fraction of sp³-hybridized carbons (Fsp3) is 0.438. The summed E-state index contributed by atoms with van der Waals surface area (Å²) in [6.07, 6.45) is 1.32. The van der Waals surface area contributed by atoms with E-state index in [4.69, 9.17) is 0 Å². The van der Waals surface area contributed by atoms with Gasteiger partial charge in [-0.25, -0.2) is 4.79 Å². The number of carbonyl (C=O) groups excluding carboxylic acids is 3. The number of hydrogen-bond donors (Lipinski definition) is 2. The third-order valence-electron chi connectivity index (χ3n) is 3.67. The summed E-state index contributed by atoms with van der Waals surface area (Å²) >= 11 is 0. The van der Waals surface area contributed by atoms with Gasteiger partial charge in [-0.1, -0.05) is 12.1 Å². The van der Waals surface area contributed by atoms with Crippen LogP contribution in [0.25, 0.3) is 0 Å². The van der Waals surface area contributed by atoms with Gasteiger partial charge in [-0.2, -0.15) is 0 Å². The zero-order valence-electron chi connectivity index (χ0n) is 13.3. The van der Waals surface area contributed by atoms with Crippen LogP contribution in [0.15, 0.2) is 24.3 Å². The van der Waals surface area contributed by atoms with Crippen molar-refractivity contribution in [1.82, 2.24) is 15.5 Å². The first kappa shape index (κ1) is 16.8. The van der Waals surface area contributed by atoms with E-state index in [1.165, 1.54) is 7.11 Å². The molecular formula is C16H21N3O4. The summed E-state index contributed by atoms with van der Waals surface area (Å²) in [7, 11) is 2.84. The van der Waals surface area contributed by atoms with Gasteiger partial charge in [0.15, 0.2) is 0 Å². The van der Waals surface area contributed by atoms with Gasteiger partial charge in [-0.05, 0) is 30.5 Å². The largest absolute Gasteiger partial charge is 0.453 e. The van der Waals surface area contributed by atoms with Gasteiger partial charge in [0.25, 0.3) is 5.91 Å². The maximum atomic E-state index is 12.3. The molecule has 0 heterocycles. The Labute approximate surface area is 135 Å². The third kappa shape index (κ3) is 4.70. The number of benzene rings is 1. The van der Waals surface area contributed by atoms with E-state index < -0.39 is 6.09 Å². The van der Waals surface area contributed by atoms with Crippen LogP contribution < -0.4 is 10.6 Å². The second-order valence-electron chi connectivity index (χ2n) is 5.37. The first-order chi connectivity index (χ1) is 11.0. The molecule has 1 aliphatic rings. The Kier molecular flexibility index (Phi) is 5.56. The monoisotopic (exact) mass is 319 g/mol. The smallest absolute Gasteiger partial charge is 0.407 e. The summed E-state index contributed by atoms with van der Waals surface area (Å²) in [5.41, 5.74) is 1.52. The molecule has 1 aromatic carbocycles. The van der Waals surface area contributed by atoms with Crippen LogP contribution in [0.2, 0.25) is 0 Å². The minimum Gasteiger partial charge on any atom is -0.453 e. The van der Waals surface area contributed by atoms with E-state index in [1.807, 2.05) is 12.1 Å². The van der Waals surface area contributed by atoms with Crippen molar-refractivity contribution in [1.29, 1.82) is 0 Å². The zero-order chi connectivity index (χ0) is 16.8. The second kappa shape index (κ2) is 7.62. The van der Waals surface area contributed by atoms with Gasteiger partial charge in [0.05, 0.1) is 7.11 Å². The van der Waals surface area contributed by atoms with Gasteiger partial charge >= 0.3 is 6.09 Å². The van der Waals surface area contributed by atoms with E-state index in [0.717, 1.165) is 18.4 Å². The molecule has 7 heteroatoms. The van der Waals surface area contributed by atoms with Gasteiger partial charge in [-0.3, -0.25) is 9.59 Å². The maximum absolute atomic E-state index is 12.3. The number of ether oxygens (including phenoxy) is 1. The number of alkyl carbamates (subject to hydrolysis) is 1. The summed E-state index contributed by atoms with van der Waals surface area (Å²) in [5, 5.41) is 4.97. The zero-order valence-corrected chi connectivity index (χ0v) is 13.3. The lowest BCUT2D eigenvalue weighted by Gasteiger charge is -2.22. The average Bonchev–Trinajstić information content (AvgIpc) is 3.41. The van der Waals surface area contributed by atoms with E-state index in [1.54, 1.807) is 24.1 Å². The first-order valence-electron chi connectivity index (χ1n) is 7.47. The Balaban J connectivity index is 1.98. The van der Waals surface area contributed by atoms with Crippen LogP contribution in [0, 0.1) is 0 Å². The predicted octanol–water partition coefficient (Wildman–Crippen LogP) is 0.893. The Morgan fingerprint density at radius 3 is 2.39 bits per heavy atom. The molecule has 1 aromatic rings. The molecule has 0 atom stereocenters. The number of carbonyl (C=O) groups is 3. The van der Waals surface area contributed by atoms with Crippen molar-refractivity contribution in [3.8, 4) is 0 Å². The van der Waals surface area contributed by atoms with E-state index in [2.05, 4.69) is 15.4 Å². The molecule has 3 amide bonds. The molecule has 2 N–H and O–H groups in total. The number of hydrogen-bond acceptors (Lipinski definition) is 4. The van der Waals surface area contributed by atoms with Crippen molar-refractivity contribution >= 4 is 17.9 Å². The first-order valence-corrected chi connectivity index (χ1v) is 7.47. The molecule has 0 spiro atoms. The number of rotatable bonds is 6. The van der Waals surface area contributed by atoms with Gasteiger partial charge in [-0.15, -0.1) is 0 Å². The lowest BCUT2D eigenvalue weighted by molar-refractivity contribution is -0.131. The van der Waals surface area contributed by atoms with Crippen LogP contribution in [0.5, 0.6) is 0 Å². The molecule has 1 fully saturated rings. The van der Waals surface area contributed by atoms with Crippen molar-refractivity contribution in [3.05, 3.63) is 35.4 Å². The molecule has 7 nitrogen and oxygen atoms in total. The highest BCUT2D eigenvalue weighted by Gasteiger charge is 2.32. The molecule has 1 saturated carbocycles. The van der Waals surface area contributed by atoms with E-state index in [-0.39, 0.29) is 24.4 Å². The Hall–Kier alpha value is -2.57. The molecule has 0 aromatic heterocycles. The maximum Gasteiger partial charge on any atom is 0.407 e. The minimum absolute atomic E-state index is 0.0838. The van der Waals surface area contributed by atoms with Crippen LogP contribution in [-0.2, 0) is 16.1 Å². The van der Waals surface area contributed by atoms with Gasteiger partial charge in [0.2, 0.25) is 5.91 Å². The number of methoxy groups -OCH3 is 1. The normalized spacial score (nSPS) is 13.1. The van der Waals surface area contributed by atoms with Crippen molar-refractivity contribution in [2.45, 2.75) is 25.4 Å². The topological polar surface area (TPSA) is 87.7 Å². The average molecular weight is 319 g/mol. The van der Waals surface area contributed by atoms with Crippen LogP contribution in [0.3, 0.4) is 0 Å². The van der Waals surface area contributed by atoms with Crippen molar-refractivity contribution in [2.75, 3.05) is 20.7 Å². The van der Waals surface area contributed by atoms with Crippen LogP contribution >= 0.6 is 0 Å². The molecule has 23 heavy (non-hydrogen) atoms. The number of amides is 3. The quantitative estimate of drug-likeness (QED) is 0.815. The second-order valence-corrected chi connectivity index (χ2v) is 5.37. The molecule has 0 radical (unpaired) electrons. The highest BCUT2D eigenvalue weighted by molar-refractivity contribution is 5.93. The lowest BCUT2D eigenvalue weighted by atomic mass is 10.1. The molecule has 124 valence electrons. The molecule has 1 aliphatic carbocycles. The molecule has 0 unspecified atom stereocenters. The standard InChI is InChI=1S/C16H21N3O4/c1-17-15(21)12-5-3-11(4-6-12)10-19(13-7-8-13)14(20)9-18-16(22)23-2/h3-6,13H,7-10H2,1-2H3,(H,17,21)(H,18,22). The summed E-state index contributed by atoms with van der Waals surface area (Å²) < 4.78 is 4.46. The highest BCUT2D eigenvalue weighted by atomic mass is 16.5. The van der Waals surface area contributed by atoms with Gasteiger partial charge in [0, 0.05) is 25.2 Å². The molecule has 0 aliphatic heterocycles. The van der Waals surface area contributed by atoms with E-state index >= 15 is 0 Å². The molecular weight excluding hydrogens is 298 g/mol. The fourth-order valence-corrected chi connectivity index (χ4v) is 2.23. The molecule has 0 bridgehead atoms. The van der Waals surface area contributed by atoms with E-state index in [0.29, 0.717) is 12.1 Å². The van der Waals surface area contributed by atoms with Gasteiger partial charge in [0.1, 0.15) is 6.54 Å².